The molecule has 0 saturated heterocycles. The van der Waals surface area contributed by atoms with Gasteiger partial charge in [-0.05, 0) is 6.07 Å². The summed E-state index contributed by atoms with van der Waals surface area (Å²) in [6, 6.07) is 6.03. The van der Waals surface area contributed by atoms with Crippen LogP contribution in [0.2, 0.25) is 0 Å². The van der Waals surface area contributed by atoms with Crippen molar-refractivity contribution in [3.63, 3.8) is 0 Å². The van der Waals surface area contributed by atoms with Crippen molar-refractivity contribution < 1.29 is 14.0 Å². The zero-order valence-electron chi connectivity index (χ0n) is 9.58. The normalized spacial score (nSPS) is 10.8. The Morgan fingerprint density at radius 3 is 2.94 bits per heavy atom. The Labute approximate surface area is 103 Å². The van der Waals surface area contributed by atoms with Gasteiger partial charge < -0.3 is 9.40 Å². The summed E-state index contributed by atoms with van der Waals surface area (Å²) in [5, 5.41) is 3.43. The van der Waals surface area contributed by atoms with Gasteiger partial charge in [0.15, 0.2) is 0 Å². The number of imidazole rings is 1. The largest absolute Gasteiger partial charge is 0.400 e. The molecule has 0 aliphatic carbocycles. The number of halogens is 1. The first kappa shape index (κ1) is 12.0. The molecule has 6 heteroatoms. The van der Waals surface area contributed by atoms with E-state index in [1.165, 1.54) is 22.9 Å². The Bertz CT molecular complexity index is 593. The van der Waals surface area contributed by atoms with Crippen LogP contribution in [0.4, 0.5) is 4.39 Å². The monoisotopic (exact) mass is 247 g/mol. The predicted molar refractivity (Wildman–Crippen MR) is 62.6 cm³/mol. The van der Waals surface area contributed by atoms with E-state index in [0.29, 0.717) is 0 Å². The molecular formula is C12H10FN3O2. The van der Waals surface area contributed by atoms with Gasteiger partial charge in [0.25, 0.3) is 0 Å². The lowest BCUT2D eigenvalue weighted by atomic mass is 10.2. The number of hydrogen-bond acceptors (Lipinski definition) is 4. The summed E-state index contributed by atoms with van der Waals surface area (Å²) < 4.78 is 14.7. The van der Waals surface area contributed by atoms with Gasteiger partial charge in [0.1, 0.15) is 5.82 Å². The summed E-state index contributed by atoms with van der Waals surface area (Å²) in [5.74, 6) is -1.01. The molecular weight excluding hydrogens is 237 g/mol. The van der Waals surface area contributed by atoms with Gasteiger partial charge in [-0.25, -0.2) is 14.2 Å². The fourth-order valence-electron chi connectivity index (χ4n) is 1.31. The smallest absolute Gasteiger partial charge is 0.328 e. The number of benzene rings is 1. The number of aryl methyl sites for hydroxylation is 1. The molecule has 0 saturated carbocycles. The Morgan fingerprint density at radius 2 is 2.28 bits per heavy atom. The third kappa shape index (κ3) is 2.60. The molecule has 0 spiro atoms. The minimum atomic E-state index is -0.699. The maximum atomic E-state index is 13.2. The van der Waals surface area contributed by atoms with E-state index in [1.54, 1.807) is 25.4 Å². The Balaban J connectivity index is 2.03. The van der Waals surface area contributed by atoms with Crippen LogP contribution in [0.1, 0.15) is 16.2 Å². The molecule has 0 bridgehead atoms. The van der Waals surface area contributed by atoms with E-state index in [1.807, 2.05) is 0 Å². The van der Waals surface area contributed by atoms with Gasteiger partial charge in [0, 0.05) is 25.0 Å². The van der Waals surface area contributed by atoms with Crippen molar-refractivity contribution in [2.24, 2.45) is 12.2 Å². The second kappa shape index (κ2) is 5.22. The van der Waals surface area contributed by atoms with E-state index in [4.69, 9.17) is 0 Å². The molecule has 2 rings (SSSR count). The van der Waals surface area contributed by atoms with Crippen molar-refractivity contribution in [1.82, 2.24) is 9.55 Å². The standard InChI is InChI=1S/C12H10FN3O2/c1-16-7-6-14-11(16)12(17)18-15-8-9-4-2-3-5-10(9)13/h2-8H,1H3. The maximum Gasteiger partial charge on any atom is 0.400 e. The lowest BCUT2D eigenvalue weighted by Gasteiger charge is -1.98. The summed E-state index contributed by atoms with van der Waals surface area (Å²) >= 11 is 0. The molecule has 2 aromatic rings. The van der Waals surface area contributed by atoms with Gasteiger partial charge in [0.05, 0.1) is 6.21 Å². The van der Waals surface area contributed by atoms with Crippen LogP contribution in [0, 0.1) is 5.82 Å². The molecule has 0 aliphatic rings. The fraction of sp³-hybridized carbons (Fsp3) is 0.0833. The number of nitrogens with zero attached hydrogens (tertiary/aromatic N) is 3. The second-order valence-electron chi connectivity index (χ2n) is 3.50. The number of aromatic nitrogens is 2. The summed E-state index contributed by atoms with van der Waals surface area (Å²) in [6.07, 6.45) is 4.21. The molecule has 0 amide bonds. The highest BCUT2D eigenvalue weighted by atomic mass is 19.1. The Hall–Kier alpha value is -2.50. The quantitative estimate of drug-likeness (QED) is 0.471. The molecule has 0 atom stereocenters. The first-order chi connectivity index (χ1) is 8.68. The first-order valence-corrected chi connectivity index (χ1v) is 5.15. The molecule has 1 aromatic heterocycles. The van der Waals surface area contributed by atoms with Gasteiger partial charge in [-0.3, -0.25) is 0 Å². The average Bonchev–Trinajstić information content (AvgIpc) is 2.78. The van der Waals surface area contributed by atoms with Gasteiger partial charge in [0.2, 0.25) is 5.82 Å². The fourth-order valence-corrected chi connectivity index (χ4v) is 1.31. The van der Waals surface area contributed by atoms with Crippen LogP contribution >= 0.6 is 0 Å². The van der Waals surface area contributed by atoms with Crippen LogP contribution in [-0.4, -0.2) is 21.7 Å². The summed E-state index contributed by atoms with van der Waals surface area (Å²) in [6.45, 7) is 0. The molecule has 1 heterocycles. The summed E-state index contributed by atoms with van der Waals surface area (Å²) in [4.78, 5) is 19.9. The molecule has 0 radical (unpaired) electrons. The summed E-state index contributed by atoms with van der Waals surface area (Å²) in [5.41, 5.74) is 0.241. The number of oxime groups is 1. The minimum Gasteiger partial charge on any atom is -0.328 e. The van der Waals surface area contributed by atoms with E-state index in [9.17, 15) is 9.18 Å². The molecule has 1 aromatic carbocycles. The van der Waals surface area contributed by atoms with Crippen molar-refractivity contribution >= 4 is 12.2 Å². The number of rotatable bonds is 3. The second-order valence-corrected chi connectivity index (χ2v) is 3.50. The van der Waals surface area contributed by atoms with E-state index in [2.05, 4.69) is 15.0 Å². The van der Waals surface area contributed by atoms with Gasteiger partial charge in [-0.15, -0.1) is 0 Å². The van der Waals surface area contributed by atoms with Crippen LogP contribution in [0.15, 0.2) is 41.8 Å². The average molecular weight is 247 g/mol. The van der Waals surface area contributed by atoms with Crippen molar-refractivity contribution in [1.29, 1.82) is 0 Å². The lowest BCUT2D eigenvalue weighted by molar-refractivity contribution is 0.0500. The van der Waals surface area contributed by atoms with E-state index in [0.717, 1.165) is 6.21 Å². The number of carbonyl (C=O) groups excluding carboxylic acids is 1. The van der Waals surface area contributed by atoms with E-state index in [-0.39, 0.29) is 11.4 Å². The van der Waals surface area contributed by atoms with Crippen LogP contribution < -0.4 is 0 Å². The molecule has 0 aliphatic heterocycles. The van der Waals surface area contributed by atoms with Crippen molar-refractivity contribution in [2.75, 3.05) is 0 Å². The van der Waals surface area contributed by atoms with Gasteiger partial charge in [-0.2, -0.15) is 0 Å². The van der Waals surface area contributed by atoms with Crippen molar-refractivity contribution in [3.05, 3.63) is 53.9 Å². The number of carbonyl (C=O) groups is 1. The van der Waals surface area contributed by atoms with Crippen LogP contribution in [0.3, 0.4) is 0 Å². The molecule has 0 unspecified atom stereocenters. The SMILES string of the molecule is Cn1ccnc1C(=O)ON=Cc1ccccc1F. The van der Waals surface area contributed by atoms with Crippen molar-refractivity contribution in [2.45, 2.75) is 0 Å². The Kier molecular flexibility index (Phi) is 3.47. The van der Waals surface area contributed by atoms with Crippen LogP contribution in [-0.2, 0) is 11.9 Å². The lowest BCUT2D eigenvalue weighted by Crippen LogP contribution is -2.08. The van der Waals surface area contributed by atoms with E-state index < -0.39 is 11.8 Å². The zero-order chi connectivity index (χ0) is 13.0. The van der Waals surface area contributed by atoms with E-state index >= 15 is 0 Å². The highest BCUT2D eigenvalue weighted by Crippen LogP contribution is 2.03. The van der Waals surface area contributed by atoms with Gasteiger partial charge >= 0.3 is 5.97 Å². The zero-order valence-corrected chi connectivity index (χ0v) is 9.58. The molecule has 18 heavy (non-hydrogen) atoms. The third-order valence-corrected chi connectivity index (χ3v) is 2.24. The van der Waals surface area contributed by atoms with Gasteiger partial charge in [-0.1, -0.05) is 23.4 Å². The molecule has 92 valence electrons. The maximum absolute atomic E-state index is 13.2. The first-order valence-electron chi connectivity index (χ1n) is 5.15. The van der Waals surface area contributed by atoms with Crippen LogP contribution in [0.5, 0.6) is 0 Å². The summed E-state index contributed by atoms with van der Waals surface area (Å²) in [7, 11) is 1.66. The highest BCUT2D eigenvalue weighted by Gasteiger charge is 2.11. The molecule has 0 fully saturated rings. The molecule has 0 N–H and O–H groups in total. The third-order valence-electron chi connectivity index (χ3n) is 2.24. The topological polar surface area (TPSA) is 56.5 Å². The highest BCUT2D eigenvalue weighted by molar-refractivity contribution is 5.86. The Morgan fingerprint density at radius 1 is 1.50 bits per heavy atom. The minimum absolute atomic E-state index is 0.126. The predicted octanol–water partition coefficient (Wildman–Crippen LogP) is 1.75. The van der Waals surface area contributed by atoms with Crippen LogP contribution in [0.25, 0.3) is 0 Å². The molecule has 5 nitrogen and oxygen atoms in total. The number of hydrogen-bond donors (Lipinski definition) is 0. The van der Waals surface area contributed by atoms with Crippen molar-refractivity contribution in [3.8, 4) is 0 Å².